The molecule has 0 aromatic heterocycles. The number of aliphatic hydroxyl groups excluding tert-OH is 2. The lowest BCUT2D eigenvalue weighted by Crippen LogP contribution is -2.59. The van der Waals surface area contributed by atoms with Gasteiger partial charge in [0.05, 0.1) is 24.4 Å². The number of Topliss-reactive ketones (excluding diaryl/α,β-unsaturated/α-hetero) is 3. The normalized spacial score (nSPS) is 37.8. The maximum atomic E-state index is 14.4. The molecule has 4 rings (SSSR count). The first kappa shape index (κ1) is 54.3. The summed E-state index contributed by atoms with van der Waals surface area (Å²) in [5.41, 5.74) is -0.643. The third kappa shape index (κ3) is 14.3. The highest BCUT2D eigenvalue weighted by molar-refractivity contribution is 6.39. The third-order valence-electron chi connectivity index (χ3n) is 15.1. The molecule has 2 aliphatic carbocycles. The van der Waals surface area contributed by atoms with Crippen molar-refractivity contribution in [1.82, 2.24) is 4.90 Å². The van der Waals surface area contributed by atoms with Crippen LogP contribution in [0.25, 0.3) is 0 Å². The number of hydrogen-bond donors (Lipinski definition) is 3. The first-order chi connectivity index (χ1) is 30.7. The van der Waals surface area contributed by atoms with Gasteiger partial charge in [0.25, 0.3) is 11.7 Å². The Balaban J connectivity index is 1.70. The first-order valence-electron chi connectivity index (χ1n) is 24.3. The van der Waals surface area contributed by atoms with E-state index in [0.29, 0.717) is 56.9 Å². The standard InChI is InChI=1S/C52H81NO12/c1-31-16-12-11-13-17-32(2)43(62-8)28-39-20-19-37(7)52(61,30-39)49(58)50(59)53-23-15-14-18-40(53)51(60)65-44(34(4)26-38-21-22-41(54)45(27-38)63-9)29-42(55)33(3)25-36(6)47(57)48(64-10)46(56)35(5)24-31/h11-13,16-17,25,31,34-41,43-45,47-48,54,57,61H,14-15,18-24,26-30H2,1-10H3/t31-,34-,35-,36?,37-,38?,39+,40?,41-,43+,44?,45-,47?,48+,52+/m1/s1. The summed E-state index contributed by atoms with van der Waals surface area (Å²) in [5.74, 6) is -4.91. The van der Waals surface area contributed by atoms with Gasteiger partial charge in [0.1, 0.15) is 23.9 Å². The number of esters is 1. The van der Waals surface area contributed by atoms with Gasteiger partial charge in [-0.2, -0.15) is 0 Å². The summed E-state index contributed by atoms with van der Waals surface area (Å²) in [4.78, 5) is 72.1. The lowest BCUT2D eigenvalue weighted by Gasteiger charge is -2.43. The Morgan fingerprint density at radius 2 is 1.58 bits per heavy atom. The van der Waals surface area contributed by atoms with Gasteiger partial charge >= 0.3 is 5.97 Å². The number of amides is 1. The van der Waals surface area contributed by atoms with Gasteiger partial charge in [-0.15, -0.1) is 0 Å². The molecule has 2 saturated carbocycles. The van der Waals surface area contributed by atoms with E-state index in [4.69, 9.17) is 18.9 Å². The molecule has 0 spiro atoms. The van der Waals surface area contributed by atoms with Crippen molar-refractivity contribution in [3.05, 3.63) is 47.6 Å². The van der Waals surface area contributed by atoms with Gasteiger partial charge in [0.2, 0.25) is 0 Å². The van der Waals surface area contributed by atoms with Gasteiger partial charge in [0.15, 0.2) is 11.6 Å². The Bertz CT molecular complexity index is 1750. The van der Waals surface area contributed by atoms with Gasteiger partial charge in [-0.25, -0.2) is 4.79 Å². The van der Waals surface area contributed by atoms with Crippen molar-refractivity contribution in [3.8, 4) is 0 Å². The molecule has 65 heavy (non-hydrogen) atoms. The molecule has 0 radical (unpaired) electrons. The number of allylic oxidation sites excluding steroid dienone is 6. The number of ether oxygens (including phenoxy) is 4. The third-order valence-corrected chi connectivity index (χ3v) is 15.1. The van der Waals surface area contributed by atoms with Crippen molar-refractivity contribution in [1.29, 1.82) is 0 Å². The smallest absolute Gasteiger partial charge is 0.329 e. The maximum absolute atomic E-state index is 14.4. The average Bonchev–Trinajstić information content (AvgIpc) is 3.28. The molecule has 15 atom stereocenters. The van der Waals surface area contributed by atoms with Crippen LogP contribution in [0.3, 0.4) is 0 Å². The molecular weight excluding hydrogens is 831 g/mol. The van der Waals surface area contributed by atoms with E-state index >= 15 is 0 Å². The second-order valence-corrected chi connectivity index (χ2v) is 20.2. The van der Waals surface area contributed by atoms with Crippen molar-refractivity contribution >= 4 is 29.2 Å². The van der Waals surface area contributed by atoms with Crippen LogP contribution in [0.1, 0.15) is 132 Å². The zero-order valence-electron chi connectivity index (χ0n) is 40.9. The van der Waals surface area contributed by atoms with Crippen LogP contribution < -0.4 is 0 Å². The average molecular weight is 912 g/mol. The van der Waals surface area contributed by atoms with Crippen LogP contribution in [0.5, 0.6) is 0 Å². The van der Waals surface area contributed by atoms with Crippen LogP contribution in [-0.2, 0) is 42.9 Å². The number of nitrogens with zero attached hydrogens (tertiary/aromatic N) is 1. The van der Waals surface area contributed by atoms with E-state index in [2.05, 4.69) is 0 Å². The van der Waals surface area contributed by atoms with Gasteiger partial charge < -0.3 is 39.2 Å². The molecule has 1 amide bonds. The molecule has 5 unspecified atom stereocenters. The number of fused-ring (bicyclic) bond motifs is 3. The van der Waals surface area contributed by atoms with Crippen molar-refractivity contribution in [2.45, 2.75) is 180 Å². The predicted octanol–water partition coefficient (Wildman–Crippen LogP) is 6.84. The fourth-order valence-electron chi connectivity index (χ4n) is 10.7. The summed E-state index contributed by atoms with van der Waals surface area (Å²) in [6.45, 7) is 13.0. The number of cyclic esters (lactones) is 1. The van der Waals surface area contributed by atoms with E-state index in [1.54, 1.807) is 41.1 Å². The van der Waals surface area contributed by atoms with Crippen molar-refractivity contribution in [3.63, 3.8) is 0 Å². The van der Waals surface area contributed by atoms with Crippen LogP contribution in [0.2, 0.25) is 0 Å². The number of aliphatic hydroxyl groups is 3. The van der Waals surface area contributed by atoms with Gasteiger partial charge in [0, 0.05) is 46.1 Å². The molecule has 0 aromatic rings. The summed E-state index contributed by atoms with van der Waals surface area (Å²) in [6.07, 6.45) is 13.1. The zero-order chi connectivity index (χ0) is 48.2. The highest BCUT2D eigenvalue weighted by atomic mass is 16.5. The Hall–Kier alpha value is -3.33. The van der Waals surface area contributed by atoms with Crippen LogP contribution in [0.4, 0.5) is 0 Å². The molecule has 13 heteroatoms. The fourth-order valence-corrected chi connectivity index (χ4v) is 10.7. The molecule has 3 fully saturated rings. The molecule has 3 N–H and O–H groups in total. The topological polar surface area (TPSA) is 186 Å². The van der Waals surface area contributed by atoms with Crippen LogP contribution >= 0.6 is 0 Å². The number of ketones is 3. The molecule has 2 bridgehead atoms. The molecular formula is C52H81NO12. The Morgan fingerprint density at radius 1 is 0.862 bits per heavy atom. The van der Waals surface area contributed by atoms with Crippen LogP contribution in [-0.4, -0.2) is 126 Å². The second kappa shape index (κ2) is 25.2. The Labute approximate surface area is 388 Å². The number of carbonyl (C=O) groups is 5. The molecule has 1 saturated heterocycles. The van der Waals surface area contributed by atoms with Crippen molar-refractivity contribution in [2.75, 3.05) is 27.9 Å². The highest BCUT2D eigenvalue weighted by Gasteiger charge is 2.51. The minimum absolute atomic E-state index is 0.0385. The first-order valence-corrected chi connectivity index (χ1v) is 24.3. The fraction of sp³-hybridized carbons (Fsp3) is 0.750. The van der Waals surface area contributed by atoms with E-state index in [1.807, 2.05) is 58.1 Å². The molecule has 2 aliphatic heterocycles. The molecule has 0 aromatic carbocycles. The minimum atomic E-state index is -1.93. The van der Waals surface area contributed by atoms with Gasteiger partial charge in [-0.3, -0.25) is 19.2 Å². The maximum Gasteiger partial charge on any atom is 0.329 e. The molecule has 13 nitrogen and oxygen atoms in total. The van der Waals surface area contributed by atoms with E-state index < -0.39 is 71.5 Å². The van der Waals surface area contributed by atoms with Crippen molar-refractivity contribution < 1.29 is 58.2 Å². The zero-order valence-corrected chi connectivity index (χ0v) is 40.9. The summed E-state index contributed by atoms with van der Waals surface area (Å²) < 4.78 is 23.3. The Kier molecular flexibility index (Phi) is 21.0. The highest BCUT2D eigenvalue weighted by Crippen LogP contribution is 2.41. The summed E-state index contributed by atoms with van der Waals surface area (Å²) >= 11 is 0. The molecule has 366 valence electrons. The van der Waals surface area contributed by atoms with Crippen LogP contribution in [0.15, 0.2) is 47.6 Å². The number of carbonyl (C=O) groups excluding carboxylic acids is 5. The molecule has 2 heterocycles. The Morgan fingerprint density at radius 3 is 2.26 bits per heavy atom. The summed E-state index contributed by atoms with van der Waals surface area (Å²) in [5, 5.41) is 34.1. The van der Waals surface area contributed by atoms with Gasteiger partial charge in [-0.1, -0.05) is 71.1 Å². The van der Waals surface area contributed by atoms with Crippen molar-refractivity contribution in [2.24, 2.45) is 41.4 Å². The SMILES string of the molecule is CO[C@H]1C[C@@H]2CC[C@@H](C)[C@@](O)(C2)C(=O)C(=O)N2CCCCC2C(=O)OC([C@H](C)CC2CC[C@@H](O)[C@H](OC)C2)CC(=O)C(C)=CC(C)C(O)[C@@H](OC)C(=O)[C@H](C)C[C@H](C)C=CC=CC=C1C. The van der Waals surface area contributed by atoms with E-state index in [1.165, 1.54) is 12.0 Å². The second-order valence-electron chi connectivity index (χ2n) is 20.2. The number of piperidine rings is 1. The summed E-state index contributed by atoms with van der Waals surface area (Å²) in [6, 6.07) is -1.09. The predicted molar refractivity (Wildman–Crippen MR) is 248 cm³/mol. The number of methoxy groups -OCH3 is 3. The minimum Gasteiger partial charge on any atom is -0.460 e. The number of rotatable bonds is 6. The monoisotopic (exact) mass is 912 g/mol. The summed E-state index contributed by atoms with van der Waals surface area (Å²) in [7, 11) is 4.60. The molecule has 4 aliphatic rings. The van der Waals surface area contributed by atoms with E-state index in [-0.39, 0.29) is 73.3 Å². The van der Waals surface area contributed by atoms with E-state index in [9.17, 15) is 39.3 Å². The largest absolute Gasteiger partial charge is 0.460 e. The van der Waals surface area contributed by atoms with Crippen LogP contribution in [0, 0.1) is 41.4 Å². The lowest BCUT2D eigenvalue weighted by atomic mass is 9.67. The quantitative estimate of drug-likeness (QED) is 0.186. The number of hydrogen-bond acceptors (Lipinski definition) is 12. The van der Waals surface area contributed by atoms with Gasteiger partial charge in [-0.05, 0) is 132 Å². The lowest BCUT2D eigenvalue weighted by molar-refractivity contribution is -0.171. The van der Waals surface area contributed by atoms with E-state index in [0.717, 1.165) is 18.4 Å².